The van der Waals surface area contributed by atoms with E-state index in [4.69, 9.17) is 9.47 Å². The molecule has 0 aliphatic rings. The molecule has 124 valence electrons. The molecule has 0 spiro atoms. The van der Waals surface area contributed by atoms with Crippen molar-refractivity contribution >= 4 is 23.1 Å². The Morgan fingerprint density at radius 1 is 1.21 bits per heavy atom. The highest BCUT2D eigenvalue weighted by molar-refractivity contribution is 7.08. The number of aromatic amines is 1. The predicted octanol–water partition coefficient (Wildman–Crippen LogP) is 3.72. The lowest BCUT2D eigenvalue weighted by molar-refractivity contribution is 0.102. The van der Waals surface area contributed by atoms with E-state index in [0.717, 1.165) is 16.8 Å². The lowest BCUT2D eigenvalue weighted by atomic mass is 10.0. The van der Waals surface area contributed by atoms with Gasteiger partial charge >= 0.3 is 0 Å². The highest BCUT2D eigenvalue weighted by Crippen LogP contribution is 2.36. The van der Waals surface area contributed by atoms with Crippen LogP contribution in [0.1, 0.15) is 16.1 Å². The number of nitrogens with zero attached hydrogens (tertiary/aromatic N) is 1. The third-order valence-electron chi connectivity index (χ3n) is 3.63. The number of hydrogen-bond donors (Lipinski definition) is 2. The van der Waals surface area contributed by atoms with E-state index in [-0.39, 0.29) is 5.91 Å². The third-order valence-corrected chi connectivity index (χ3v) is 4.32. The maximum Gasteiger partial charge on any atom is 0.257 e. The lowest BCUT2D eigenvalue weighted by Crippen LogP contribution is -2.11. The summed E-state index contributed by atoms with van der Waals surface area (Å²) in [4.78, 5) is 12.3. The van der Waals surface area contributed by atoms with Crippen molar-refractivity contribution in [1.82, 2.24) is 10.2 Å². The molecular weight excluding hydrogens is 326 g/mol. The lowest BCUT2D eigenvalue weighted by Gasteiger charge is -2.10. The monoisotopic (exact) mass is 343 g/mol. The highest BCUT2D eigenvalue weighted by atomic mass is 32.1. The van der Waals surface area contributed by atoms with Gasteiger partial charge in [-0.1, -0.05) is 6.07 Å². The van der Waals surface area contributed by atoms with E-state index in [0.29, 0.717) is 22.9 Å². The van der Waals surface area contributed by atoms with Gasteiger partial charge in [-0.25, -0.2) is 0 Å². The summed E-state index contributed by atoms with van der Waals surface area (Å²) >= 11 is 1.47. The molecule has 0 fully saturated rings. The fraction of sp³-hybridized carbons (Fsp3) is 0.176. The van der Waals surface area contributed by atoms with Gasteiger partial charge in [-0.2, -0.15) is 16.4 Å². The van der Waals surface area contributed by atoms with Crippen LogP contribution in [0.3, 0.4) is 0 Å². The number of benzene rings is 1. The van der Waals surface area contributed by atoms with Gasteiger partial charge in [-0.15, -0.1) is 0 Å². The van der Waals surface area contributed by atoms with Crippen molar-refractivity contribution in [1.29, 1.82) is 0 Å². The zero-order valence-corrected chi connectivity index (χ0v) is 14.4. The van der Waals surface area contributed by atoms with Crippen molar-refractivity contribution in [3.05, 3.63) is 46.3 Å². The van der Waals surface area contributed by atoms with Gasteiger partial charge in [0, 0.05) is 16.6 Å². The predicted molar refractivity (Wildman–Crippen MR) is 94.1 cm³/mol. The largest absolute Gasteiger partial charge is 0.493 e. The quantitative estimate of drug-likeness (QED) is 0.740. The second-order valence-corrected chi connectivity index (χ2v) is 5.89. The van der Waals surface area contributed by atoms with Crippen molar-refractivity contribution in [3.8, 4) is 22.6 Å². The van der Waals surface area contributed by atoms with Crippen molar-refractivity contribution in [3.63, 3.8) is 0 Å². The van der Waals surface area contributed by atoms with Gasteiger partial charge < -0.3 is 14.8 Å². The Labute approximate surface area is 143 Å². The van der Waals surface area contributed by atoms with Crippen LogP contribution in [0.15, 0.2) is 35.0 Å². The van der Waals surface area contributed by atoms with Crippen molar-refractivity contribution in [2.75, 3.05) is 19.5 Å². The molecule has 0 atom stereocenters. The standard InChI is InChI=1S/C17H17N3O3S/c1-10-15(11-4-5-13(22-2)14(8-11)23-3)16(20-19-10)18-17(21)12-6-7-24-9-12/h4-9H,1-3H3,(H2,18,19,20,21). The average molecular weight is 343 g/mol. The Kier molecular flexibility index (Phi) is 4.52. The molecule has 24 heavy (non-hydrogen) atoms. The maximum absolute atomic E-state index is 12.3. The molecule has 0 aliphatic carbocycles. The first-order valence-electron chi connectivity index (χ1n) is 7.25. The van der Waals surface area contributed by atoms with Crippen LogP contribution in [0.2, 0.25) is 0 Å². The number of hydrogen-bond acceptors (Lipinski definition) is 5. The summed E-state index contributed by atoms with van der Waals surface area (Å²) in [5, 5.41) is 13.6. The van der Waals surface area contributed by atoms with Crippen LogP contribution in [0.5, 0.6) is 11.5 Å². The first-order valence-corrected chi connectivity index (χ1v) is 8.19. The number of aryl methyl sites for hydroxylation is 1. The first-order chi connectivity index (χ1) is 11.6. The molecule has 2 heterocycles. The summed E-state index contributed by atoms with van der Waals surface area (Å²) < 4.78 is 10.6. The molecule has 6 nitrogen and oxygen atoms in total. The molecule has 3 rings (SSSR count). The van der Waals surface area contributed by atoms with E-state index in [2.05, 4.69) is 15.5 Å². The Bertz CT molecular complexity index is 856. The van der Waals surface area contributed by atoms with E-state index in [1.165, 1.54) is 11.3 Å². The summed E-state index contributed by atoms with van der Waals surface area (Å²) in [5.74, 6) is 1.55. The number of amides is 1. The molecule has 0 saturated carbocycles. The van der Waals surface area contributed by atoms with Gasteiger partial charge in [0.2, 0.25) is 0 Å². The van der Waals surface area contributed by atoms with Crippen LogP contribution in [0, 0.1) is 6.92 Å². The number of carbonyl (C=O) groups is 1. The molecule has 0 saturated heterocycles. The Morgan fingerprint density at radius 2 is 2.00 bits per heavy atom. The van der Waals surface area contributed by atoms with E-state index in [1.54, 1.807) is 25.7 Å². The Morgan fingerprint density at radius 3 is 2.67 bits per heavy atom. The van der Waals surface area contributed by atoms with E-state index >= 15 is 0 Å². The number of thiophene rings is 1. The zero-order chi connectivity index (χ0) is 17.1. The summed E-state index contributed by atoms with van der Waals surface area (Å²) in [6.45, 7) is 1.90. The van der Waals surface area contributed by atoms with Gasteiger partial charge in [-0.3, -0.25) is 9.89 Å². The first kappa shape index (κ1) is 16.1. The van der Waals surface area contributed by atoms with E-state index in [1.807, 2.05) is 30.5 Å². The van der Waals surface area contributed by atoms with Gasteiger partial charge in [0.15, 0.2) is 17.3 Å². The number of methoxy groups -OCH3 is 2. The second kappa shape index (κ2) is 6.76. The molecule has 2 N–H and O–H groups in total. The van der Waals surface area contributed by atoms with Crippen LogP contribution < -0.4 is 14.8 Å². The van der Waals surface area contributed by atoms with Crippen molar-refractivity contribution in [2.24, 2.45) is 0 Å². The molecule has 0 radical (unpaired) electrons. The minimum atomic E-state index is -0.190. The van der Waals surface area contributed by atoms with Crippen LogP contribution in [-0.2, 0) is 0 Å². The molecule has 0 aliphatic heterocycles. The smallest absolute Gasteiger partial charge is 0.257 e. The highest BCUT2D eigenvalue weighted by Gasteiger charge is 2.17. The average Bonchev–Trinajstić information content (AvgIpc) is 3.24. The number of rotatable bonds is 5. The molecule has 1 amide bonds. The summed E-state index contributed by atoms with van der Waals surface area (Å²) in [6, 6.07) is 7.36. The summed E-state index contributed by atoms with van der Waals surface area (Å²) in [6.07, 6.45) is 0. The number of H-pyrrole nitrogens is 1. The van der Waals surface area contributed by atoms with Crippen LogP contribution in [-0.4, -0.2) is 30.3 Å². The van der Waals surface area contributed by atoms with Crippen molar-refractivity contribution < 1.29 is 14.3 Å². The topological polar surface area (TPSA) is 76.2 Å². The van der Waals surface area contributed by atoms with E-state index < -0.39 is 0 Å². The zero-order valence-electron chi connectivity index (χ0n) is 13.5. The van der Waals surface area contributed by atoms with Gasteiger partial charge in [0.05, 0.1) is 19.8 Å². The third kappa shape index (κ3) is 2.98. The summed E-state index contributed by atoms with van der Waals surface area (Å²) in [7, 11) is 3.18. The number of anilines is 1. The Balaban J connectivity index is 1.97. The number of aromatic nitrogens is 2. The second-order valence-electron chi connectivity index (χ2n) is 5.11. The van der Waals surface area contributed by atoms with Gasteiger partial charge in [0.1, 0.15) is 0 Å². The molecule has 7 heteroatoms. The fourth-order valence-corrected chi connectivity index (χ4v) is 3.07. The summed E-state index contributed by atoms with van der Waals surface area (Å²) in [5.41, 5.74) is 3.15. The molecule has 2 aromatic heterocycles. The minimum absolute atomic E-state index is 0.190. The van der Waals surface area contributed by atoms with Crippen molar-refractivity contribution in [2.45, 2.75) is 6.92 Å². The molecule has 1 aromatic carbocycles. The SMILES string of the molecule is COc1ccc(-c2c(NC(=O)c3ccsc3)n[nH]c2C)cc1OC. The number of ether oxygens (including phenoxy) is 2. The van der Waals surface area contributed by atoms with E-state index in [9.17, 15) is 4.79 Å². The van der Waals surface area contributed by atoms with Crippen LogP contribution in [0.25, 0.3) is 11.1 Å². The molecular formula is C17H17N3O3S. The van der Waals surface area contributed by atoms with Gasteiger partial charge in [-0.05, 0) is 36.1 Å². The van der Waals surface area contributed by atoms with Crippen LogP contribution in [0.4, 0.5) is 5.82 Å². The normalized spacial score (nSPS) is 10.5. The maximum atomic E-state index is 12.3. The van der Waals surface area contributed by atoms with Gasteiger partial charge in [0.25, 0.3) is 5.91 Å². The molecule has 0 unspecified atom stereocenters. The Hall–Kier alpha value is -2.80. The molecule has 3 aromatic rings. The fourth-order valence-electron chi connectivity index (χ4n) is 2.44. The minimum Gasteiger partial charge on any atom is -0.493 e. The number of nitrogens with one attached hydrogen (secondary N) is 2. The number of carbonyl (C=O) groups excluding carboxylic acids is 1. The molecule has 0 bridgehead atoms. The van der Waals surface area contributed by atoms with Crippen LogP contribution >= 0.6 is 11.3 Å².